The minimum atomic E-state index is -2.65. The standard InChI is InChI=1S/C20H17F2N7O/c21-20(22)12-28(13-20)18-4-2-14(9-25-18)7-19(30)26-17-5-6-29(27-17)11-16-3-1-15(8-23)10-24-16/h1-6,9-10H,7,11-13H2,(H,26,27,30). The van der Waals surface area contributed by atoms with Gasteiger partial charge in [-0.2, -0.15) is 10.4 Å². The molecule has 0 aliphatic carbocycles. The zero-order valence-corrected chi connectivity index (χ0v) is 15.8. The summed E-state index contributed by atoms with van der Waals surface area (Å²) in [4.78, 5) is 22.1. The topological polar surface area (TPSA) is 99.7 Å². The Bertz CT molecular complexity index is 1080. The first-order valence-electron chi connectivity index (χ1n) is 9.16. The predicted molar refractivity (Wildman–Crippen MR) is 104 cm³/mol. The van der Waals surface area contributed by atoms with Crippen LogP contribution >= 0.6 is 0 Å². The van der Waals surface area contributed by atoms with Gasteiger partial charge in [-0.05, 0) is 23.8 Å². The first kappa shape index (κ1) is 19.4. The van der Waals surface area contributed by atoms with Crippen LogP contribution in [0.3, 0.4) is 0 Å². The van der Waals surface area contributed by atoms with Gasteiger partial charge in [0.05, 0.1) is 37.3 Å². The van der Waals surface area contributed by atoms with E-state index >= 15 is 0 Å². The molecular weight excluding hydrogens is 392 g/mol. The van der Waals surface area contributed by atoms with Gasteiger partial charge in [0.25, 0.3) is 5.92 Å². The first-order chi connectivity index (χ1) is 14.4. The van der Waals surface area contributed by atoms with Crippen LogP contribution in [0, 0.1) is 11.3 Å². The molecule has 0 radical (unpaired) electrons. The molecule has 0 spiro atoms. The van der Waals surface area contributed by atoms with Gasteiger partial charge in [0.2, 0.25) is 5.91 Å². The van der Waals surface area contributed by atoms with E-state index < -0.39 is 5.92 Å². The van der Waals surface area contributed by atoms with Gasteiger partial charge in [-0.3, -0.25) is 14.5 Å². The molecule has 0 saturated carbocycles. The number of nitriles is 1. The van der Waals surface area contributed by atoms with Crippen LogP contribution in [0.2, 0.25) is 0 Å². The molecule has 4 rings (SSSR count). The normalized spacial score (nSPS) is 14.6. The molecule has 0 atom stereocenters. The van der Waals surface area contributed by atoms with Crippen molar-refractivity contribution in [2.24, 2.45) is 0 Å². The van der Waals surface area contributed by atoms with E-state index in [1.807, 2.05) is 6.07 Å². The summed E-state index contributed by atoms with van der Waals surface area (Å²) in [6, 6.07) is 10.5. The molecule has 0 bridgehead atoms. The Morgan fingerprint density at radius 3 is 2.63 bits per heavy atom. The molecule has 4 heterocycles. The van der Waals surface area contributed by atoms with Crippen LogP contribution in [0.25, 0.3) is 0 Å². The zero-order chi connectivity index (χ0) is 21.1. The van der Waals surface area contributed by atoms with Crippen molar-refractivity contribution in [3.05, 3.63) is 65.7 Å². The molecule has 1 saturated heterocycles. The van der Waals surface area contributed by atoms with Crippen molar-refractivity contribution < 1.29 is 13.6 Å². The second-order valence-electron chi connectivity index (χ2n) is 7.01. The monoisotopic (exact) mass is 409 g/mol. The van der Waals surface area contributed by atoms with E-state index in [-0.39, 0.29) is 25.4 Å². The van der Waals surface area contributed by atoms with Crippen molar-refractivity contribution in [2.45, 2.75) is 18.9 Å². The second kappa shape index (κ2) is 7.87. The van der Waals surface area contributed by atoms with E-state index in [0.717, 1.165) is 5.69 Å². The summed E-state index contributed by atoms with van der Waals surface area (Å²) in [5.74, 6) is -2.04. The van der Waals surface area contributed by atoms with Gasteiger partial charge in [0.1, 0.15) is 11.9 Å². The van der Waals surface area contributed by atoms with Crippen LogP contribution in [0.15, 0.2) is 48.9 Å². The summed E-state index contributed by atoms with van der Waals surface area (Å²) in [5, 5.41) is 15.8. The maximum atomic E-state index is 12.9. The largest absolute Gasteiger partial charge is 0.344 e. The number of aromatic nitrogens is 4. The molecule has 1 aliphatic heterocycles. The fourth-order valence-electron chi connectivity index (χ4n) is 3.02. The minimum absolute atomic E-state index is 0.0908. The number of halogens is 2. The highest BCUT2D eigenvalue weighted by Gasteiger charge is 2.44. The van der Waals surface area contributed by atoms with Crippen LogP contribution in [-0.4, -0.2) is 44.7 Å². The quantitative estimate of drug-likeness (QED) is 0.670. The average molecular weight is 409 g/mol. The third-order valence-electron chi connectivity index (χ3n) is 4.53. The van der Waals surface area contributed by atoms with E-state index in [9.17, 15) is 13.6 Å². The van der Waals surface area contributed by atoms with Crippen molar-refractivity contribution in [2.75, 3.05) is 23.3 Å². The Morgan fingerprint density at radius 1 is 1.17 bits per heavy atom. The summed E-state index contributed by atoms with van der Waals surface area (Å²) in [5.41, 5.74) is 1.89. The number of hydrogen-bond donors (Lipinski definition) is 1. The fraction of sp³-hybridized carbons (Fsp3) is 0.250. The molecule has 3 aromatic heterocycles. The lowest BCUT2D eigenvalue weighted by molar-refractivity contribution is -0.115. The van der Waals surface area contributed by atoms with E-state index in [1.54, 1.807) is 41.2 Å². The number of pyridine rings is 2. The summed E-state index contributed by atoms with van der Waals surface area (Å²) in [7, 11) is 0. The Balaban J connectivity index is 1.29. The molecule has 1 N–H and O–H groups in total. The molecule has 3 aromatic rings. The number of carbonyl (C=O) groups is 1. The summed E-state index contributed by atoms with van der Waals surface area (Å²) in [6.45, 7) is -0.260. The number of alkyl halides is 2. The molecule has 1 aliphatic rings. The van der Waals surface area contributed by atoms with Crippen molar-refractivity contribution in [1.29, 1.82) is 5.26 Å². The summed E-state index contributed by atoms with van der Waals surface area (Å²) >= 11 is 0. The first-order valence-corrected chi connectivity index (χ1v) is 9.16. The zero-order valence-electron chi connectivity index (χ0n) is 15.8. The summed E-state index contributed by atoms with van der Waals surface area (Å²) < 4.78 is 27.5. The summed E-state index contributed by atoms with van der Waals surface area (Å²) in [6.07, 6.45) is 4.82. The van der Waals surface area contributed by atoms with E-state index in [0.29, 0.717) is 29.3 Å². The molecule has 1 fully saturated rings. The highest BCUT2D eigenvalue weighted by Crippen LogP contribution is 2.30. The maximum absolute atomic E-state index is 12.9. The smallest absolute Gasteiger partial charge is 0.282 e. The molecule has 10 heteroatoms. The van der Waals surface area contributed by atoms with E-state index in [4.69, 9.17) is 5.26 Å². The highest BCUT2D eigenvalue weighted by molar-refractivity contribution is 5.91. The van der Waals surface area contributed by atoms with Gasteiger partial charge >= 0.3 is 0 Å². The molecule has 30 heavy (non-hydrogen) atoms. The highest BCUT2D eigenvalue weighted by atomic mass is 19.3. The molecule has 0 aromatic carbocycles. The average Bonchev–Trinajstić information content (AvgIpc) is 3.14. The van der Waals surface area contributed by atoms with Crippen molar-refractivity contribution in [3.8, 4) is 6.07 Å². The van der Waals surface area contributed by atoms with Crippen LogP contribution in [-0.2, 0) is 17.8 Å². The third-order valence-corrected chi connectivity index (χ3v) is 4.53. The Kier molecular flexibility index (Phi) is 5.10. The van der Waals surface area contributed by atoms with Gasteiger partial charge in [0.15, 0.2) is 5.82 Å². The Morgan fingerprint density at radius 2 is 2.00 bits per heavy atom. The fourth-order valence-corrected chi connectivity index (χ4v) is 3.02. The van der Waals surface area contributed by atoms with Gasteiger partial charge < -0.3 is 10.2 Å². The number of nitrogens with zero attached hydrogens (tertiary/aromatic N) is 6. The minimum Gasteiger partial charge on any atom is -0.344 e. The lowest BCUT2D eigenvalue weighted by Crippen LogP contribution is -2.56. The number of amides is 1. The molecule has 1 amide bonds. The van der Waals surface area contributed by atoms with Crippen LogP contribution in [0.1, 0.15) is 16.8 Å². The molecular formula is C20H17F2N7O. The number of nitrogens with one attached hydrogen (secondary N) is 1. The second-order valence-corrected chi connectivity index (χ2v) is 7.01. The lowest BCUT2D eigenvalue weighted by atomic mass is 10.1. The van der Waals surface area contributed by atoms with Crippen LogP contribution in [0.4, 0.5) is 20.4 Å². The number of hydrogen-bond acceptors (Lipinski definition) is 6. The van der Waals surface area contributed by atoms with Crippen LogP contribution in [0.5, 0.6) is 0 Å². The van der Waals surface area contributed by atoms with E-state index in [1.165, 1.54) is 17.3 Å². The third kappa shape index (κ3) is 4.57. The predicted octanol–water partition coefficient (Wildman–Crippen LogP) is 2.23. The molecule has 8 nitrogen and oxygen atoms in total. The van der Waals surface area contributed by atoms with Gasteiger partial charge in [-0.1, -0.05) is 6.07 Å². The lowest BCUT2D eigenvalue weighted by Gasteiger charge is -2.39. The van der Waals surface area contributed by atoms with Crippen molar-refractivity contribution in [3.63, 3.8) is 0 Å². The SMILES string of the molecule is N#Cc1ccc(Cn2ccc(NC(=O)Cc3ccc(N4CC(F)(F)C4)nc3)n2)nc1. The Hall–Kier alpha value is -3.87. The van der Waals surface area contributed by atoms with E-state index in [2.05, 4.69) is 20.4 Å². The number of anilines is 2. The van der Waals surface area contributed by atoms with Crippen LogP contribution < -0.4 is 10.2 Å². The molecule has 0 unspecified atom stereocenters. The number of carbonyl (C=O) groups excluding carboxylic acids is 1. The van der Waals surface area contributed by atoms with Gasteiger partial charge in [-0.25, -0.2) is 13.8 Å². The van der Waals surface area contributed by atoms with Crippen molar-refractivity contribution >= 4 is 17.5 Å². The Labute approximate surface area is 170 Å². The van der Waals surface area contributed by atoms with Crippen molar-refractivity contribution in [1.82, 2.24) is 19.7 Å². The maximum Gasteiger partial charge on any atom is 0.282 e. The van der Waals surface area contributed by atoms with Gasteiger partial charge in [0, 0.05) is 24.7 Å². The molecule has 152 valence electrons. The van der Waals surface area contributed by atoms with Gasteiger partial charge in [-0.15, -0.1) is 0 Å². The number of rotatable bonds is 6.